The maximum atomic E-state index is 13.1. The number of nitrogens with zero attached hydrogens (tertiary/aromatic N) is 2. The van der Waals surface area contributed by atoms with E-state index in [-0.39, 0.29) is 17.8 Å². The number of halogens is 1. The second kappa shape index (κ2) is 7.77. The minimum Gasteiger partial charge on any atom is -0.374 e. The van der Waals surface area contributed by atoms with Crippen LogP contribution < -0.4 is 10.2 Å². The molecule has 1 fully saturated rings. The zero-order valence-corrected chi connectivity index (χ0v) is 15.6. The molecule has 1 amide bonds. The van der Waals surface area contributed by atoms with Crippen LogP contribution in [0.3, 0.4) is 0 Å². The van der Waals surface area contributed by atoms with Crippen molar-refractivity contribution >= 4 is 17.3 Å². The maximum absolute atomic E-state index is 13.1. The second-order valence-corrected chi connectivity index (χ2v) is 7.03. The Balaban J connectivity index is 1.56. The molecule has 4 nitrogen and oxygen atoms in total. The summed E-state index contributed by atoms with van der Waals surface area (Å²) in [5, 5.41) is 3.32. The van der Waals surface area contributed by atoms with Crippen LogP contribution in [-0.2, 0) is 4.79 Å². The molecule has 2 aromatic rings. The van der Waals surface area contributed by atoms with E-state index in [4.69, 9.17) is 0 Å². The van der Waals surface area contributed by atoms with Gasteiger partial charge >= 0.3 is 0 Å². The molecule has 1 N–H and O–H groups in total. The summed E-state index contributed by atoms with van der Waals surface area (Å²) in [7, 11) is 0. The van der Waals surface area contributed by atoms with E-state index in [2.05, 4.69) is 42.3 Å². The fourth-order valence-electron chi connectivity index (χ4n) is 3.48. The normalized spacial score (nSPS) is 15.7. The Morgan fingerprint density at radius 1 is 1.00 bits per heavy atom. The van der Waals surface area contributed by atoms with Gasteiger partial charge in [-0.2, -0.15) is 0 Å². The SMILES string of the molecule is Cc1cc(C)cc(NC(C)C(=O)N2CCN(c3ccc(F)cc3)CC2)c1. The largest absolute Gasteiger partial charge is 0.374 e. The summed E-state index contributed by atoms with van der Waals surface area (Å²) < 4.78 is 13.1. The third-order valence-electron chi connectivity index (χ3n) is 4.76. The monoisotopic (exact) mass is 355 g/mol. The summed E-state index contributed by atoms with van der Waals surface area (Å²) in [6.45, 7) is 8.89. The van der Waals surface area contributed by atoms with Gasteiger partial charge in [-0.05, 0) is 68.3 Å². The quantitative estimate of drug-likeness (QED) is 0.910. The van der Waals surface area contributed by atoms with E-state index >= 15 is 0 Å². The number of benzene rings is 2. The number of hydrogen-bond acceptors (Lipinski definition) is 3. The first-order valence-electron chi connectivity index (χ1n) is 9.06. The number of amides is 1. The molecule has 1 aliphatic rings. The zero-order valence-electron chi connectivity index (χ0n) is 15.6. The number of carbonyl (C=O) groups is 1. The van der Waals surface area contributed by atoms with Gasteiger partial charge in [0.1, 0.15) is 11.9 Å². The van der Waals surface area contributed by atoms with Gasteiger partial charge in [0, 0.05) is 37.6 Å². The van der Waals surface area contributed by atoms with Gasteiger partial charge in [-0.15, -0.1) is 0 Å². The van der Waals surface area contributed by atoms with Gasteiger partial charge in [-0.25, -0.2) is 4.39 Å². The number of piperazine rings is 1. The van der Waals surface area contributed by atoms with E-state index in [9.17, 15) is 9.18 Å². The number of rotatable bonds is 4. The summed E-state index contributed by atoms with van der Waals surface area (Å²) in [5.41, 5.74) is 4.34. The van der Waals surface area contributed by atoms with E-state index in [0.717, 1.165) is 24.5 Å². The van der Waals surface area contributed by atoms with Crippen LogP contribution in [0.4, 0.5) is 15.8 Å². The molecule has 138 valence electrons. The molecule has 1 aliphatic heterocycles. The Morgan fingerprint density at radius 3 is 2.15 bits per heavy atom. The highest BCUT2D eigenvalue weighted by Gasteiger charge is 2.25. The lowest BCUT2D eigenvalue weighted by atomic mass is 10.1. The van der Waals surface area contributed by atoms with Crippen molar-refractivity contribution in [1.82, 2.24) is 4.90 Å². The molecular formula is C21H26FN3O. The molecular weight excluding hydrogens is 329 g/mol. The summed E-state index contributed by atoms with van der Waals surface area (Å²) in [6.07, 6.45) is 0. The third-order valence-corrected chi connectivity index (χ3v) is 4.76. The van der Waals surface area contributed by atoms with E-state index in [0.29, 0.717) is 13.1 Å². The number of hydrogen-bond donors (Lipinski definition) is 1. The predicted octanol–water partition coefficient (Wildman–Crippen LogP) is 3.59. The lowest BCUT2D eigenvalue weighted by Crippen LogP contribution is -2.52. The van der Waals surface area contributed by atoms with Crippen molar-refractivity contribution in [2.24, 2.45) is 0 Å². The van der Waals surface area contributed by atoms with Gasteiger partial charge in [0.05, 0.1) is 0 Å². The summed E-state index contributed by atoms with van der Waals surface area (Å²) >= 11 is 0. The molecule has 1 saturated heterocycles. The summed E-state index contributed by atoms with van der Waals surface area (Å²) in [4.78, 5) is 16.8. The van der Waals surface area contributed by atoms with Crippen LogP contribution in [0.2, 0.25) is 0 Å². The number of carbonyl (C=O) groups excluding carboxylic acids is 1. The number of aryl methyl sites for hydroxylation is 2. The lowest BCUT2D eigenvalue weighted by molar-refractivity contribution is -0.131. The van der Waals surface area contributed by atoms with Gasteiger partial charge in [0.2, 0.25) is 5.91 Å². The van der Waals surface area contributed by atoms with E-state index < -0.39 is 0 Å². The Morgan fingerprint density at radius 2 is 1.58 bits per heavy atom. The Bertz CT molecular complexity index is 747. The average Bonchev–Trinajstić information content (AvgIpc) is 2.61. The molecule has 1 heterocycles. The highest BCUT2D eigenvalue weighted by molar-refractivity contribution is 5.84. The molecule has 0 aliphatic carbocycles. The van der Waals surface area contributed by atoms with Crippen LogP contribution >= 0.6 is 0 Å². The van der Waals surface area contributed by atoms with Crippen LogP contribution in [0, 0.1) is 19.7 Å². The molecule has 3 rings (SSSR count). The smallest absolute Gasteiger partial charge is 0.244 e. The van der Waals surface area contributed by atoms with Crippen molar-refractivity contribution in [2.75, 3.05) is 36.4 Å². The van der Waals surface area contributed by atoms with Crippen LogP contribution in [0.1, 0.15) is 18.1 Å². The fourth-order valence-corrected chi connectivity index (χ4v) is 3.48. The summed E-state index contributed by atoms with van der Waals surface area (Å²) in [6, 6.07) is 12.5. The molecule has 0 spiro atoms. The van der Waals surface area contributed by atoms with Crippen molar-refractivity contribution in [2.45, 2.75) is 26.8 Å². The average molecular weight is 355 g/mol. The molecule has 1 atom stereocenters. The van der Waals surface area contributed by atoms with Crippen molar-refractivity contribution in [3.8, 4) is 0 Å². The fraction of sp³-hybridized carbons (Fsp3) is 0.381. The number of nitrogens with one attached hydrogen (secondary N) is 1. The molecule has 0 radical (unpaired) electrons. The Hall–Kier alpha value is -2.56. The highest BCUT2D eigenvalue weighted by Crippen LogP contribution is 2.18. The molecule has 1 unspecified atom stereocenters. The van der Waals surface area contributed by atoms with Gasteiger partial charge in [0.15, 0.2) is 0 Å². The van der Waals surface area contributed by atoms with E-state index in [1.165, 1.54) is 23.3 Å². The van der Waals surface area contributed by atoms with Crippen LogP contribution in [-0.4, -0.2) is 43.0 Å². The van der Waals surface area contributed by atoms with Crippen LogP contribution in [0.15, 0.2) is 42.5 Å². The second-order valence-electron chi connectivity index (χ2n) is 7.03. The molecule has 0 bridgehead atoms. The van der Waals surface area contributed by atoms with Gasteiger partial charge in [-0.1, -0.05) is 6.07 Å². The van der Waals surface area contributed by atoms with Crippen molar-refractivity contribution in [3.63, 3.8) is 0 Å². The van der Waals surface area contributed by atoms with Gasteiger partial charge in [0.25, 0.3) is 0 Å². The topological polar surface area (TPSA) is 35.6 Å². The van der Waals surface area contributed by atoms with Gasteiger partial charge in [-0.3, -0.25) is 4.79 Å². The maximum Gasteiger partial charge on any atom is 0.244 e. The van der Waals surface area contributed by atoms with Crippen molar-refractivity contribution in [3.05, 3.63) is 59.4 Å². The Labute approximate surface area is 154 Å². The minimum absolute atomic E-state index is 0.114. The molecule has 26 heavy (non-hydrogen) atoms. The molecule has 0 aromatic heterocycles. The lowest BCUT2D eigenvalue weighted by Gasteiger charge is -2.37. The van der Waals surface area contributed by atoms with E-state index in [1.54, 1.807) is 12.1 Å². The Kier molecular flexibility index (Phi) is 5.45. The predicted molar refractivity (Wildman–Crippen MR) is 104 cm³/mol. The van der Waals surface area contributed by atoms with Crippen LogP contribution in [0.5, 0.6) is 0 Å². The molecule has 2 aromatic carbocycles. The standard InChI is InChI=1S/C21H26FN3O/c1-15-12-16(2)14-19(13-15)23-17(3)21(26)25-10-8-24(9-11-25)20-6-4-18(22)5-7-20/h4-7,12-14,17,23H,8-11H2,1-3H3. The van der Waals surface area contributed by atoms with Crippen molar-refractivity contribution < 1.29 is 9.18 Å². The highest BCUT2D eigenvalue weighted by atomic mass is 19.1. The van der Waals surface area contributed by atoms with Crippen LogP contribution in [0.25, 0.3) is 0 Å². The number of anilines is 2. The zero-order chi connectivity index (χ0) is 18.7. The van der Waals surface area contributed by atoms with Gasteiger partial charge < -0.3 is 15.1 Å². The molecule has 5 heteroatoms. The van der Waals surface area contributed by atoms with E-state index in [1.807, 2.05) is 11.8 Å². The first-order chi connectivity index (χ1) is 12.4. The van der Waals surface area contributed by atoms with Crippen molar-refractivity contribution in [1.29, 1.82) is 0 Å². The minimum atomic E-state index is -0.270. The first-order valence-corrected chi connectivity index (χ1v) is 9.06. The molecule has 0 saturated carbocycles. The summed E-state index contributed by atoms with van der Waals surface area (Å²) in [5.74, 6) is -0.114. The third kappa shape index (κ3) is 4.34. The first kappa shape index (κ1) is 18.2.